The van der Waals surface area contributed by atoms with Crippen LogP contribution >= 0.6 is 0 Å². The fourth-order valence-corrected chi connectivity index (χ4v) is 2.25. The van der Waals surface area contributed by atoms with Crippen molar-refractivity contribution in [1.29, 1.82) is 0 Å². The molecule has 1 aliphatic carbocycles. The summed E-state index contributed by atoms with van der Waals surface area (Å²) in [6.45, 7) is 6.20. The molecule has 2 heteroatoms. The van der Waals surface area contributed by atoms with Crippen LogP contribution in [0.5, 0.6) is 0 Å². The van der Waals surface area contributed by atoms with Gasteiger partial charge >= 0.3 is 0 Å². The summed E-state index contributed by atoms with van der Waals surface area (Å²) in [5.74, 6) is 0. The van der Waals surface area contributed by atoms with E-state index in [0.717, 1.165) is 19.6 Å². The molecular weight excluding hydrogens is 222 g/mol. The molecule has 1 atom stereocenters. The number of ether oxygens (including phenoxy) is 1. The molecule has 0 radical (unpaired) electrons. The van der Waals surface area contributed by atoms with Crippen LogP contribution < -0.4 is 5.32 Å². The Morgan fingerprint density at radius 3 is 2.83 bits per heavy atom. The topological polar surface area (TPSA) is 21.3 Å². The van der Waals surface area contributed by atoms with Crippen LogP contribution in [0.1, 0.15) is 49.8 Å². The maximum absolute atomic E-state index is 5.97. The molecule has 0 saturated heterocycles. The summed E-state index contributed by atoms with van der Waals surface area (Å²) >= 11 is 0. The SMILES string of the molecule is CCCNC(COC1CCC1)c1cccc(C)c1. The van der Waals surface area contributed by atoms with Crippen LogP contribution in [0.3, 0.4) is 0 Å². The van der Waals surface area contributed by atoms with Crippen molar-refractivity contribution in [2.24, 2.45) is 0 Å². The molecule has 1 fully saturated rings. The first-order valence-electron chi connectivity index (χ1n) is 7.21. The van der Waals surface area contributed by atoms with Crippen LogP contribution in [0.2, 0.25) is 0 Å². The summed E-state index contributed by atoms with van der Waals surface area (Å²) in [7, 11) is 0. The summed E-state index contributed by atoms with van der Waals surface area (Å²) in [6, 6.07) is 9.08. The molecule has 1 unspecified atom stereocenters. The molecule has 0 heterocycles. The van der Waals surface area contributed by atoms with E-state index in [1.807, 2.05) is 0 Å². The number of benzene rings is 1. The van der Waals surface area contributed by atoms with Crippen molar-refractivity contribution < 1.29 is 4.74 Å². The van der Waals surface area contributed by atoms with Crippen LogP contribution in [0.4, 0.5) is 0 Å². The Labute approximate surface area is 111 Å². The van der Waals surface area contributed by atoms with Gasteiger partial charge in [0.2, 0.25) is 0 Å². The molecule has 0 amide bonds. The second kappa shape index (κ2) is 6.91. The molecular formula is C16H25NO. The lowest BCUT2D eigenvalue weighted by atomic mass is 9.96. The zero-order valence-corrected chi connectivity index (χ0v) is 11.6. The molecule has 1 aromatic rings. The fraction of sp³-hybridized carbons (Fsp3) is 0.625. The van der Waals surface area contributed by atoms with Gasteiger partial charge in [0.15, 0.2) is 0 Å². The van der Waals surface area contributed by atoms with Crippen molar-refractivity contribution in [1.82, 2.24) is 5.32 Å². The van der Waals surface area contributed by atoms with Crippen molar-refractivity contribution in [2.75, 3.05) is 13.2 Å². The smallest absolute Gasteiger partial charge is 0.0665 e. The average Bonchev–Trinajstić information content (AvgIpc) is 2.31. The Balaban J connectivity index is 1.94. The van der Waals surface area contributed by atoms with Gasteiger partial charge in [-0.1, -0.05) is 36.8 Å². The number of nitrogens with one attached hydrogen (secondary N) is 1. The molecule has 18 heavy (non-hydrogen) atoms. The van der Waals surface area contributed by atoms with Crippen LogP contribution in [-0.2, 0) is 4.74 Å². The molecule has 0 aliphatic heterocycles. The largest absolute Gasteiger partial charge is 0.376 e. The summed E-state index contributed by atoms with van der Waals surface area (Å²) < 4.78 is 5.97. The molecule has 1 aliphatic rings. The van der Waals surface area contributed by atoms with Crippen LogP contribution in [-0.4, -0.2) is 19.3 Å². The lowest BCUT2D eigenvalue weighted by Crippen LogP contribution is -2.30. The Morgan fingerprint density at radius 1 is 1.39 bits per heavy atom. The highest BCUT2D eigenvalue weighted by Crippen LogP contribution is 2.24. The van der Waals surface area contributed by atoms with E-state index >= 15 is 0 Å². The molecule has 0 spiro atoms. The summed E-state index contributed by atoms with van der Waals surface area (Å²) in [4.78, 5) is 0. The van der Waals surface area contributed by atoms with Gasteiger partial charge < -0.3 is 10.1 Å². The minimum Gasteiger partial charge on any atom is -0.376 e. The summed E-state index contributed by atoms with van der Waals surface area (Å²) in [5.41, 5.74) is 2.67. The normalized spacial score (nSPS) is 17.4. The molecule has 2 nitrogen and oxygen atoms in total. The van der Waals surface area contributed by atoms with E-state index in [1.165, 1.54) is 30.4 Å². The van der Waals surface area contributed by atoms with E-state index in [4.69, 9.17) is 4.74 Å². The minimum absolute atomic E-state index is 0.338. The molecule has 1 aromatic carbocycles. The average molecular weight is 247 g/mol. The predicted octanol–water partition coefficient (Wildman–Crippen LogP) is 3.60. The van der Waals surface area contributed by atoms with Crippen molar-refractivity contribution in [2.45, 2.75) is 51.7 Å². The minimum atomic E-state index is 0.338. The first kappa shape index (κ1) is 13.6. The van der Waals surface area contributed by atoms with E-state index in [0.29, 0.717) is 12.1 Å². The van der Waals surface area contributed by atoms with E-state index in [1.54, 1.807) is 0 Å². The Kier molecular flexibility index (Phi) is 5.21. The Morgan fingerprint density at radius 2 is 2.22 bits per heavy atom. The van der Waals surface area contributed by atoms with Crippen LogP contribution in [0.25, 0.3) is 0 Å². The maximum atomic E-state index is 5.97. The highest BCUT2D eigenvalue weighted by atomic mass is 16.5. The first-order valence-corrected chi connectivity index (χ1v) is 7.21. The van der Waals surface area contributed by atoms with Gasteiger partial charge in [0.05, 0.1) is 18.8 Å². The standard InChI is InChI=1S/C16H25NO/c1-3-10-17-16(12-18-15-8-5-9-15)14-7-4-6-13(2)11-14/h4,6-7,11,15-17H,3,5,8-10,12H2,1-2H3. The zero-order valence-electron chi connectivity index (χ0n) is 11.6. The van der Waals surface area contributed by atoms with Crippen molar-refractivity contribution in [3.63, 3.8) is 0 Å². The van der Waals surface area contributed by atoms with E-state index in [-0.39, 0.29) is 0 Å². The van der Waals surface area contributed by atoms with Gasteiger partial charge in [-0.2, -0.15) is 0 Å². The number of rotatable bonds is 7. The summed E-state index contributed by atoms with van der Waals surface area (Å²) in [5, 5.41) is 3.59. The van der Waals surface area contributed by atoms with Gasteiger partial charge in [-0.3, -0.25) is 0 Å². The molecule has 0 bridgehead atoms. The van der Waals surface area contributed by atoms with Crippen LogP contribution in [0, 0.1) is 6.92 Å². The van der Waals surface area contributed by atoms with Gasteiger partial charge in [-0.15, -0.1) is 0 Å². The lowest BCUT2D eigenvalue weighted by Gasteiger charge is -2.28. The van der Waals surface area contributed by atoms with Crippen molar-refractivity contribution >= 4 is 0 Å². The van der Waals surface area contributed by atoms with Gasteiger partial charge in [-0.25, -0.2) is 0 Å². The first-order chi connectivity index (χ1) is 8.79. The molecule has 1 saturated carbocycles. The third-order valence-corrected chi connectivity index (χ3v) is 3.64. The second-order valence-corrected chi connectivity index (χ2v) is 5.31. The highest BCUT2D eigenvalue weighted by molar-refractivity contribution is 5.25. The number of aryl methyl sites for hydroxylation is 1. The van der Waals surface area contributed by atoms with E-state index < -0.39 is 0 Å². The quantitative estimate of drug-likeness (QED) is 0.795. The molecule has 2 rings (SSSR count). The maximum Gasteiger partial charge on any atom is 0.0665 e. The van der Waals surface area contributed by atoms with Gasteiger partial charge in [-0.05, 0) is 44.7 Å². The van der Waals surface area contributed by atoms with Crippen LogP contribution in [0.15, 0.2) is 24.3 Å². The fourth-order valence-electron chi connectivity index (χ4n) is 2.25. The Hall–Kier alpha value is -0.860. The van der Waals surface area contributed by atoms with Gasteiger partial charge in [0.1, 0.15) is 0 Å². The molecule has 1 N–H and O–H groups in total. The second-order valence-electron chi connectivity index (χ2n) is 5.31. The predicted molar refractivity (Wildman–Crippen MR) is 75.8 cm³/mol. The third kappa shape index (κ3) is 3.82. The Bertz CT molecular complexity index is 360. The molecule has 0 aromatic heterocycles. The zero-order chi connectivity index (χ0) is 12.8. The van der Waals surface area contributed by atoms with Gasteiger partial charge in [0, 0.05) is 0 Å². The monoisotopic (exact) mass is 247 g/mol. The van der Waals surface area contributed by atoms with E-state index in [2.05, 4.69) is 43.4 Å². The van der Waals surface area contributed by atoms with Crippen molar-refractivity contribution in [3.8, 4) is 0 Å². The highest BCUT2D eigenvalue weighted by Gasteiger charge is 2.20. The van der Waals surface area contributed by atoms with Crippen molar-refractivity contribution in [3.05, 3.63) is 35.4 Å². The number of hydrogen-bond donors (Lipinski definition) is 1. The lowest BCUT2D eigenvalue weighted by molar-refractivity contribution is -0.00876. The third-order valence-electron chi connectivity index (χ3n) is 3.64. The summed E-state index contributed by atoms with van der Waals surface area (Å²) in [6.07, 6.45) is 5.50. The van der Waals surface area contributed by atoms with E-state index in [9.17, 15) is 0 Å². The molecule has 100 valence electrons. The number of hydrogen-bond acceptors (Lipinski definition) is 2. The van der Waals surface area contributed by atoms with Gasteiger partial charge in [0.25, 0.3) is 0 Å².